The van der Waals surface area contributed by atoms with Gasteiger partial charge in [0.05, 0.1) is 12.6 Å². The fourth-order valence-electron chi connectivity index (χ4n) is 2.77. The lowest BCUT2D eigenvalue weighted by molar-refractivity contribution is -0.137. The average Bonchev–Trinajstić information content (AvgIpc) is 3.11. The molecule has 0 aromatic heterocycles. The number of terminal acetylenes is 1. The molecule has 0 aromatic carbocycles. The van der Waals surface area contributed by atoms with Gasteiger partial charge in [0.1, 0.15) is 0 Å². The minimum atomic E-state index is -0.0710. The third-order valence-electron chi connectivity index (χ3n) is 4.14. The molecule has 1 saturated carbocycles. The Labute approximate surface area is 110 Å². The van der Waals surface area contributed by atoms with E-state index >= 15 is 0 Å². The smallest absolute Gasteiger partial charge is 0.241 e. The Kier molecular flexibility index (Phi) is 3.97. The van der Waals surface area contributed by atoms with E-state index in [9.17, 15) is 4.79 Å². The second kappa shape index (κ2) is 5.32. The second-order valence-corrected chi connectivity index (χ2v) is 6.35. The van der Waals surface area contributed by atoms with Gasteiger partial charge in [0.2, 0.25) is 5.91 Å². The van der Waals surface area contributed by atoms with Crippen LogP contribution >= 0.6 is 0 Å². The van der Waals surface area contributed by atoms with Crippen LogP contribution in [0.1, 0.15) is 39.5 Å². The molecular formula is C15H24N2O. The van der Waals surface area contributed by atoms with E-state index in [1.165, 1.54) is 12.8 Å². The third kappa shape index (κ3) is 3.05. The Morgan fingerprint density at radius 3 is 2.78 bits per heavy atom. The minimum Gasteiger partial charge on any atom is -0.330 e. The summed E-state index contributed by atoms with van der Waals surface area (Å²) in [6.45, 7) is 6.58. The number of carbonyl (C=O) groups excluding carboxylic acids is 1. The summed E-state index contributed by atoms with van der Waals surface area (Å²) in [5.74, 6) is 3.51. The molecule has 3 heteroatoms. The van der Waals surface area contributed by atoms with E-state index < -0.39 is 0 Å². The fourth-order valence-corrected chi connectivity index (χ4v) is 2.77. The van der Waals surface area contributed by atoms with Gasteiger partial charge in [-0.2, -0.15) is 0 Å². The molecule has 1 atom stereocenters. The van der Waals surface area contributed by atoms with Crippen molar-refractivity contribution in [2.45, 2.75) is 45.6 Å². The van der Waals surface area contributed by atoms with E-state index in [0.29, 0.717) is 12.5 Å². The summed E-state index contributed by atoms with van der Waals surface area (Å²) < 4.78 is 0. The Morgan fingerprint density at radius 2 is 2.22 bits per heavy atom. The molecule has 0 bridgehead atoms. The lowest BCUT2D eigenvalue weighted by atomic mass is 9.77. The van der Waals surface area contributed by atoms with Crippen LogP contribution in [0.15, 0.2) is 0 Å². The van der Waals surface area contributed by atoms with Gasteiger partial charge in [0, 0.05) is 6.54 Å². The van der Waals surface area contributed by atoms with Crippen molar-refractivity contribution in [1.82, 2.24) is 10.2 Å². The van der Waals surface area contributed by atoms with Gasteiger partial charge >= 0.3 is 0 Å². The summed E-state index contributed by atoms with van der Waals surface area (Å²) in [6, 6.07) is -0.0710. The van der Waals surface area contributed by atoms with Crippen LogP contribution in [-0.2, 0) is 4.79 Å². The minimum absolute atomic E-state index is 0.0335. The zero-order valence-corrected chi connectivity index (χ0v) is 11.5. The number of rotatable bonds is 4. The van der Waals surface area contributed by atoms with Crippen molar-refractivity contribution < 1.29 is 4.79 Å². The van der Waals surface area contributed by atoms with Crippen LogP contribution in [0.5, 0.6) is 0 Å². The first kappa shape index (κ1) is 13.4. The van der Waals surface area contributed by atoms with Crippen molar-refractivity contribution in [3.63, 3.8) is 0 Å². The van der Waals surface area contributed by atoms with Gasteiger partial charge in [0.25, 0.3) is 0 Å². The van der Waals surface area contributed by atoms with E-state index in [4.69, 9.17) is 6.42 Å². The van der Waals surface area contributed by atoms with E-state index in [0.717, 1.165) is 25.9 Å². The Balaban J connectivity index is 2.03. The van der Waals surface area contributed by atoms with E-state index in [2.05, 4.69) is 25.1 Å². The van der Waals surface area contributed by atoms with Gasteiger partial charge in [0.15, 0.2) is 0 Å². The van der Waals surface area contributed by atoms with Crippen LogP contribution < -0.4 is 5.32 Å². The molecule has 2 aliphatic rings. The maximum absolute atomic E-state index is 12.6. The normalized spacial score (nSPS) is 26.4. The number of amides is 1. The molecule has 1 N–H and O–H groups in total. The van der Waals surface area contributed by atoms with Crippen LogP contribution in [0.25, 0.3) is 0 Å². The van der Waals surface area contributed by atoms with Gasteiger partial charge in [-0.15, -0.1) is 6.42 Å². The quantitative estimate of drug-likeness (QED) is 0.767. The first-order valence-corrected chi connectivity index (χ1v) is 7.00. The molecule has 0 spiro atoms. The average molecular weight is 248 g/mol. The molecule has 1 unspecified atom stereocenters. The zero-order valence-electron chi connectivity index (χ0n) is 11.5. The highest BCUT2D eigenvalue weighted by Gasteiger charge is 2.40. The maximum atomic E-state index is 12.6. The van der Waals surface area contributed by atoms with Crippen molar-refractivity contribution >= 4 is 5.91 Å². The molecule has 1 aliphatic heterocycles. The van der Waals surface area contributed by atoms with Crippen LogP contribution in [-0.4, -0.2) is 36.5 Å². The molecule has 18 heavy (non-hydrogen) atoms. The number of hydrogen-bond donors (Lipinski definition) is 1. The topological polar surface area (TPSA) is 32.3 Å². The number of nitrogens with zero attached hydrogens (tertiary/aromatic N) is 1. The molecular weight excluding hydrogens is 224 g/mol. The number of nitrogens with one attached hydrogen (secondary N) is 1. The summed E-state index contributed by atoms with van der Waals surface area (Å²) in [4.78, 5) is 14.5. The summed E-state index contributed by atoms with van der Waals surface area (Å²) in [5.41, 5.74) is 0.0335. The number of hydrogen-bond acceptors (Lipinski definition) is 2. The lowest BCUT2D eigenvalue weighted by Gasteiger charge is -2.40. The SMILES string of the molecule is C#CCN(CC1CC1)C(=O)C1NCCCC1(C)C. The first-order valence-electron chi connectivity index (χ1n) is 7.00. The molecule has 3 nitrogen and oxygen atoms in total. The van der Waals surface area contributed by atoms with E-state index in [-0.39, 0.29) is 17.4 Å². The Morgan fingerprint density at radius 1 is 1.50 bits per heavy atom. The highest BCUT2D eigenvalue weighted by atomic mass is 16.2. The van der Waals surface area contributed by atoms with Crippen LogP contribution in [0, 0.1) is 23.7 Å². The molecule has 1 aliphatic carbocycles. The van der Waals surface area contributed by atoms with Crippen molar-refractivity contribution in [1.29, 1.82) is 0 Å². The van der Waals surface area contributed by atoms with Crippen molar-refractivity contribution in [2.24, 2.45) is 11.3 Å². The van der Waals surface area contributed by atoms with Crippen LogP contribution in [0.4, 0.5) is 0 Å². The predicted octanol–water partition coefficient (Wildman–Crippen LogP) is 1.64. The summed E-state index contributed by atoms with van der Waals surface area (Å²) >= 11 is 0. The van der Waals surface area contributed by atoms with Crippen LogP contribution in [0.3, 0.4) is 0 Å². The van der Waals surface area contributed by atoms with Gasteiger partial charge in [-0.25, -0.2) is 0 Å². The fraction of sp³-hybridized carbons (Fsp3) is 0.800. The first-order chi connectivity index (χ1) is 8.54. The largest absolute Gasteiger partial charge is 0.330 e. The maximum Gasteiger partial charge on any atom is 0.241 e. The van der Waals surface area contributed by atoms with Crippen molar-refractivity contribution in [3.8, 4) is 12.3 Å². The van der Waals surface area contributed by atoms with Gasteiger partial charge in [-0.1, -0.05) is 19.8 Å². The summed E-state index contributed by atoms with van der Waals surface area (Å²) in [7, 11) is 0. The zero-order chi connectivity index (χ0) is 13.2. The number of piperidine rings is 1. The van der Waals surface area contributed by atoms with E-state index in [1.54, 1.807) is 0 Å². The van der Waals surface area contributed by atoms with Crippen LogP contribution in [0.2, 0.25) is 0 Å². The monoisotopic (exact) mass is 248 g/mol. The molecule has 1 saturated heterocycles. The second-order valence-electron chi connectivity index (χ2n) is 6.35. The third-order valence-corrected chi connectivity index (χ3v) is 4.14. The molecule has 1 heterocycles. The van der Waals surface area contributed by atoms with Crippen molar-refractivity contribution in [2.75, 3.05) is 19.6 Å². The number of carbonyl (C=O) groups is 1. The lowest BCUT2D eigenvalue weighted by Crippen LogP contribution is -2.56. The molecule has 1 amide bonds. The van der Waals surface area contributed by atoms with Gasteiger partial charge in [-0.05, 0) is 43.6 Å². The summed E-state index contributed by atoms with van der Waals surface area (Å²) in [6.07, 6.45) is 10.1. The Bertz CT molecular complexity index is 352. The highest BCUT2D eigenvalue weighted by Crippen LogP contribution is 2.33. The molecule has 100 valence electrons. The van der Waals surface area contributed by atoms with E-state index in [1.807, 2.05) is 4.90 Å². The van der Waals surface area contributed by atoms with Gasteiger partial charge < -0.3 is 10.2 Å². The molecule has 0 aromatic rings. The highest BCUT2D eigenvalue weighted by molar-refractivity contribution is 5.83. The summed E-state index contributed by atoms with van der Waals surface area (Å²) in [5, 5.41) is 3.38. The molecule has 2 fully saturated rings. The molecule has 2 rings (SSSR count). The standard InChI is InChI=1S/C15H24N2O/c1-4-10-17(11-12-6-7-12)14(18)13-15(2,3)8-5-9-16-13/h1,12-13,16H,5-11H2,2-3H3. The molecule has 0 radical (unpaired) electrons. The van der Waals surface area contributed by atoms with Gasteiger partial charge in [-0.3, -0.25) is 4.79 Å². The Hall–Kier alpha value is -1.01. The van der Waals surface area contributed by atoms with Crippen molar-refractivity contribution in [3.05, 3.63) is 0 Å². The predicted molar refractivity (Wildman–Crippen MR) is 72.9 cm³/mol.